The van der Waals surface area contributed by atoms with E-state index in [0.29, 0.717) is 16.8 Å². The van der Waals surface area contributed by atoms with Gasteiger partial charge in [0, 0.05) is 11.1 Å². The summed E-state index contributed by atoms with van der Waals surface area (Å²) in [6.07, 6.45) is -4.80. The summed E-state index contributed by atoms with van der Waals surface area (Å²) in [7, 11) is 0. The lowest BCUT2D eigenvalue weighted by Crippen LogP contribution is -2.16. The molecule has 2 heterocycles. The summed E-state index contributed by atoms with van der Waals surface area (Å²) in [5.74, 6) is -2.62. The number of halogens is 3. The molecule has 0 saturated heterocycles. The Bertz CT molecular complexity index is 1210. The first-order valence-corrected chi connectivity index (χ1v) is 8.96. The summed E-state index contributed by atoms with van der Waals surface area (Å²) in [5, 5.41) is 10.7. The minimum absolute atomic E-state index is 0.117. The number of aromatic nitrogens is 3. The van der Waals surface area contributed by atoms with Crippen molar-refractivity contribution < 1.29 is 27.2 Å². The largest absolute Gasteiger partial charge is 0.451 e. The maximum atomic E-state index is 12.5. The second-order valence-electron chi connectivity index (χ2n) is 6.53. The van der Waals surface area contributed by atoms with E-state index in [1.165, 1.54) is 0 Å². The van der Waals surface area contributed by atoms with Gasteiger partial charge in [0.05, 0.1) is 6.42 Å². The number of H-pyrrole nitrogens is 1. The summed E-state index contributed by atoms with van der Waals surface area (Å²) >= 11 is 0. The Hall–Kier alpha value is -4.15. The molecule has 2 aromatic heterocycles. The minimum Gasteiger partial charge on any atom is -0.451 e. The van der Waals surface area contributed by atoms with E-state index in [0.717, 1.165) is 5.39 Å². The molecule has 8 nitrogen and oxygen atoms in total. The van der Waals surface area contributed by atoms with Gasteiger partial charge in [-0.05, 0) is 29.8 Å². The van der Waals surface area contributed by atoms with Gasteiger partial charge in [0.15, 0.2) is 5.76 Å². The zero-order valence-corrected chi connectivity index (χ0v) is 15.7. The Balaban J connectivity index is 1.35. The van der Waals surface area contributed by atoms with Crippen molar-refractivity contribution in [3.8, 4) is 0 Å². The number of benzene rings is 2. The third-order valence-corrected chi connectivity index (χ3v) is 4.23. The second-order valence-corrected chi connectivity index (χ2v) is 6.53. The number of para-hydroxylation sites is 1. The molecule has 0 atom stereocenters. The van der Waals surface area contributed by atoms with Gasteiger partial charge in [-0.2, -0.15) is 18.2 Å². The number of rotatable bonds is 5. The average molecular weight is 429 g/mol. The van der Waals surface area contributed by atoms with Gasteiger partial charge in [0.2, 0.25) is 17.7 Å². The van der Waals surface area contributed by atoms with Crippen LogP contribution in [0.1, 0.15) is 21.9 Å². The third kappa shape index (κ3) is 4.71. The van der Waals surface area contributed by atoms with Crippen LogP contribution in [0.5, 0.6) is 0 Å². The molecule has 11 heteroatoms. The lowest BCUT2D eigenvalue weighted by molar-refractivity contribution is -0.144. The monoisotopic (exact) mass is 429 g/mol. The van der Waals surface area contributed by atoms with Crippen molar-refractivity contribution in [2.75, 3.05) is 10.6 Å². The summed E-state index contributed by atoms with van der Waals surface area (Å²) in [4.78, 5) is 27.5. The van der Waals surface area contributed by atoms with Gasteiger partial charge in [-0.1, -0.05) is 30.3 Å². The van der Waals surface area contributed by atoms with Crippen LogP contribution >= 0.6 is 0 Å². The van der Waals surface area contributed by atoms with Crippen LogP contribution < -0.4 is 10.6 Å². The minimum atomic E-state index is -4.68. The van der Waals surface area contributed by atoms with Crippen molar-refractivity contribution in [1.29, 1.82) is 0 Å². The molecule has 0 aliphatic carbocycles. The predicted octanol–water partition coefficient (Wildman–Crippen LogP) is 4.00. The highest BCUT2D eigenvalue weighted by molar-refractivity contribution is 6.04. The highest BCUT2D eigenvalue weighted by Crippen LogP contribution is 2.26. The Morgan fingerprint density at radius 1 is 1.03 bits per heavy atom. The van der Waals surface area contributed by atoms with Crippen molar-refractivity contribution in [1.82, 2.24) is 15.2 Å². The first-order chi connectivity index (χ1) is 14.8. The van der Waals surface area contributed by atoms with E-state index < -0.39 is 29.8 Å². The van der Waals surface area contributed by atoms with E-state index in [1.807, 2.05) is 12.1 Å². The maximum Gasteiger partial charge on any atom is 0.451 e. The molecule has 158 valence electrons. The van der Waals surface area contributed by atoms with Crippen molar-refractivity contribution in [2.24, 2.45) is 0 Å². The lowest BCUT2D eigenvalue weighted by Gasteiger charge is -2.05. The molecular formula is C20H14F3N5O3. The van der Waals surface area contributed by atoms with E-state index in [-0.39, 0.29) is 12.2 Å². The van der Waals surface area contributed by atoms with Gasteiger partial charge in [-0.25, -0.2) is 0 Å². The van der Waals surface area contributed by atoms with Crippen LogP contribution in [0.2, 0.25) is 0 Å². The van der Waals surface area contributed by atoms with Crippen LogP contribution in [0.4, 0.5) is 24.8 Å². The Labute approximate surface area is 172 Å². The zero-order valence-electron chi connectivity index (χ0n) is 15.7. The standard InChI is InChI=1S/C20H14F3N5O3/c21-20(22,23)18-26-19(28-27-18)25-16(29)9-11-5-7-13(8-6-11)24-17(30)15-10-12-3-1-2-4-14(12)31-15/h1-8,10H,9H2,(H,24,30)(H2,25,26,27,28,29). The maximum absolute atomic E-state index is 12.5. The number of carbonyl (C=O) groups is 2. The molecule has 0 unspecified atom stereocenters. The van der Waals surface area contributed by atoms with Crippen molar-refractivity contribution >= 4 is 34.4 Å². The molecule has 0 aliphatic heterocycles. The van der Waals surface area contributed by atoms with Gasteiger partial charge in [0.25, 0.3) is 5.91 Å². The quantitative estimate of drug-likeness (QED) is 0.444. The van der Waals surface area contributed by atoms with E-state index in [9.17, 15) is 22.8 Å². The molecule has 31 heavy (non-hydrogen) atoms. The first-order valence-electron chi connectivity index (χ1n) is 8.96. The summed E-state index contributed by atoms with van der Waals surface area (Å²) in [5.41, 5.74) is 1.66. The number of alkyl halides is 3. The zero-order chi connectivity index (χ0) is 22.0. The van der Waals surface area contributed by atoms with Crippen LogP contribution in [-0.2, 0) is 17.4 Å². The molecule has 0 radical (unpaired) electrons. The van der Waals surface area contributed by atoms with E-state index >= 15 is 0 Å². The second kappa shape index (κ2) is 7.94. The average Bonchev–Trinajstić information content (AvgIpc) is 3.36. The van der Waals surface area contributed by atoms with Gasteiger partial charge < -0.3 is 9.73 Å². The number of furan rings is 1. The van der Waals surface area contributed by atoms with Crippen LogP contribution in [0.25, 0.3) is 11.0 Å². The number of aromatic amines is 1. The molecule has 4 rings (SSSR count). The number of nitrogens with one attached hydrogen (secondary N) is 3. The van der Waals surface area contributed by atoms with Gasteiger partial charge in [-0.3, -0.25) is 20.0 Å². The molecule has 0 aliphatic rings. The highest BCUT2D eigenvalue weighted by Gasteiger charge is 2.35. The third-order valence-electron chi connectivity index (χ3n) is 4.23. The van der Waals surface area contributed by atoms with Crippen LogP contribution in [0.15, 0.2) is 59.0 Å². The molecule has 0 spiro atoms. The van der Waals surface area contributed by atoms with Gasteiger partial charge in [0.1, 0.15) is 5.58 Å². The number of fused-ring (bicyclic) bond motifs is 1. The fourth-order valence-corrected chi connectivity index (χ4v) is 2.79. The molecule has 3 N–H and O–H groups in total. The van der Waals surface area contributed by atoms with E-state index in [2.05, 4.69) is 20.7 Å². The Morgan fingerprint density at radius 2 is 1.77 bits per heavy atom. The molecule has 0 fully saturated rings. The molecular weight excluding hydrogens is 415 g/mol. The first kappa shape index (κ1) is 20.1. The number of amides is 2. The van der Waals surface area contributed by atoms with Crippen LogP contribution in [0, 0.1) is 0 Å². The molecule has 0 bridgehead atoms. The smallest absolute Gasteiger partial charge is 0.451 e. The number of carbonyl (C=O) groups excluding carboxylic acids is 2. The van der Waals surface area contributed by atoms with Crippen molar-refractivity contribution in [2.45, 2.75) is 12.6 Å². The highest BCUT2D eigenvalue weighted by atomic mass is 19.4. The molecule has 0 saturated carbocycles. The topological polar surface area (TPSA) is 113 Å². The lowest BCUT2D eigenvalue weighted by atomic mass is 10.1. The SMILES string of the molecule is O=C(Cc1ccc(NC(=O)c2cc3ccccc3o2)cc1)Nc1n[nH]c(C(F)(F)F)n1. The van der Waals surface area contributed by atoms with Crippen LogP contribution in [-0.4, -0.2) is 27.0 Å². The van der Waals surface area contributed by atoms with Crippen LogP contribution in [0.3, 0.4) is 0 Å². The summed E-state index contributed by atoms with van der Waals surface area (Å²) in [6, 6.07) is 15.3. The fourth-order valence-electron chi connectivity index (χ4n) is 2.79. The van der Waals surface area contributed by atoms with E-state index in [1.54, 1.807) is 47.6 Å². The normalized spacial score (nSPS) is 11.5. The van der Waals surface area contributed by atoms with E-state index in [4.69, 9.17) is 4.42 Å². The van der Waals surface area contributed by atoms with Crippen molar-refractivity contribution in [3.05, 3.63) is 71.7 Å². The van der Waals surface area contributed by atoms with Gasteiger partial charge >= 0.3 is 6.18 Å². The molecule has 2 aromatic carbocycles. The fraction of sp³-hybridized carbons (Fsp3) is 0.100. The number of hydrogen-bond donors (Lipinski definition) is 3. The van der Waals surface area contributed by atoms with Gasteiger partial charge in [-0.15, -0.1) is 5.10 Å². The summed E-state index contributed by atoms with van der Waals surface area (Å²) < 4.78 is 43.0. The van der Waals surface area contributed by atoms with Crippen molar-refractivity contribution in [3.63, 3.8) is 0 Å². The Kier molecular flexibility index (Phi) is 5.15. The molecule has 4 aromatic rings. The predicted molar refractivity (Wildman–Crippen MR) is 104 cm³/mol. The number of hydrogen-bond acceptors (Lipinski definition) is 5. The summed E-state index contributed by atoms with van der Waals surface area (Å²) in [6.45, 7) is 0. The number of anilines is 2. The molecule has 2 amide bonds. The Morgan fingerprint density at radius 3 is 2.45 bits per heavy atom. The number of nitrogens with zero attached hydrogens (tertiary/aromatic N) is 2.